The molecule has 2 heterocycles. The average Bonchev–Trinajstić information content (AvgIpc) is 2.71. The Morgan fingerprint density at radius 3 is 2.44 bits per heavy atom. The number of nitrogens with zero attached hydrogens (tertiary/aromatic N) is 1. The number of carbonyl (C=O) groups excluding carboxylic acids is 1. The van der Waals surface area contributed by atoms with Crippen LogP contribution in [0.3, 0.4) is 0 Å². The lowest BCUT2D eigenvalue weighted by atomic mass is 9.93. The zero-order chi connectivity index (χ0) is 13.3. The molecule has 4 heteroatoms. The van der Waals surface area contributed by atoms with Gasteiger partial charge in [0.2, 0.25) is 0 Å². The summed E-state index contributed by atoms with van der Waals surface area (Å²) in [5, 5.41) is 3.24. The van der Waals surface area contributed by atoms with Crippen LogP contribution in [-0.2, 0) is 5.41 Å². The molecule has 0 aromatic carbocycles. The first-order valence-corrected chi connectivity index (χ1v) is 6.50. The summed E-state index contributed by atoms with van der Waals surface area (Å²) in [6, 6.07) is 1.98. The van der Waals surface area contributed by atoms with Crippen LogP contribution in [-0.4, -0.2) is 37.0 Å². The van der Waals surface area contributed by atoms with E-state index in [9.17, 15) is 4.79 Å². The van der Waals surface area contributed by atoms with Crippen LogP contribution >= 0.6 is 0 Å². The molecule has 1 amide bonds. The lowest BCUT2D eigenvalue weighted by Crippen LogP contribution is -2.46. The second-order valence-corrected chi connectivity index (χ2v) is 5.91. The van der Waals surface area contributed by atoms with E-state index in [0.717, 1.165) is 37.5 Å². The topological polar surface area (TPSA) is 45.5 Å². The number of rotatable bonds is 1. The van der Waals surface area contributed by atoms with Crippen molar-refractivity contribution in [1.29, 1.82) is 0 Å². The SMILES string of the molecule is Cc1cc(C(C)(C)C)oc1C(=O)N1CCNCC1. The van der Waals surface area contributed by atoms with Crippen LogP contribution in [0.15, 0.2) is 10.5 Å². The summed E-state index contributed by atoms with van der Waals surface area (Å²) in [5.74, 6) is 1.39. The fourth-order valence-corrected chi connectivity index (χ4v) is 2.08. The zero-order valence-corrected chi connectivity index (χ0v) is 11.7. The van der Waals surface area contributed by atoms with E-state index >= 15 is 0 Å². The highest BCUT2D eigenvalue weighted by molar-refractivity contribution is 5.93. The van der Waals surface area contributed by atoms with Crippen molar-refractivity contribution in [2.24, 2.45) is 0 Å². The number of amides is 1. The predicted molar refractivity (Wildman–Crippen MR) is 70.9 cm³/mol. The second-order valence-electron chi connectivity index (χ2n) is 5.91. The molecule has 0 bridgehead atoms. The second kappa shape index (κ2) is 4.76. The van der Waals surface area contributed by atoms with Gasteiger partial charge >= 0.3 is 0 Å². The molecular formula is C14H22N2O2. The van der Waals surface area contributed by atoms with E-state index in [0.29, 0.717) is 5.76 Å². The Hall–Kier alpha value is -1.29. The monoisotopic (exact) mass is 250 g/mol. The molecule has 1 N–H and O–H groups in total. The zero-order valence-electron chi connectivity index (χ0n) is 11.7. The maximum absolute atomic E-state index is 12.4. The molecule has 0 spiro atoms. The van der Waals surface area contributed by atoms with Crippen molar-refractivity contribution in [2.75, 3.05) is 26.2 Å². The molecule has 0 atom stereocenters. The molecule has 1 aromatic rings. The van der Waals surface area contributed by atoms with Crippen LogP contribution in [0.5, 0.6) is 0 Å². The van der Waals surface area contributed by atoms with Crippen molar-refractivity contribution in [1.82, 2.24) is 10.2 Å². The minimum atomic E-state index is -0.0628. The van der Waals surface area contributed by atoms with Gasteiger partial charge in [-0.2, -0.15) is 0 Å². The van der Waals surface area contributed by atoms with E-state index in [-0.39, 0.29) is 11.3 Å². The Balaban J connectivity index is 2.22. The molecule has 0 aliphatic carbocycles. The van der Waals surface area contributed by atoms with Crippen molar-refractivity contribution >= 4 is 5.91 Å². The Morgan fingerprint density at radius 2 is 1.94 bits per heavy atom. The number of aryl methyl sites for hydroxylation is 1. The molecule has 4 nitrogen and oxygen atoms in total. The number of carbonyl (C=O) groups is 1. The molecule has 0 saturated carbocycles. The number of hydrogen-bond donors (Lipinski definition) is 1. The number of furan rings is 1. The summed E-state index contributed by atoms with van der Waals surface area (Å²) in [7, 11) is 0. The van der Waals surface area contributed by atoms with Gasteiger partial charge < -0.3 is 14.6 Å². The van der Waals surface area contributed by atoms with Crippen LogP contribution in [0.2, 0.25) is 0 Å². The van der Waals surface area contributed by atoms with Gasteiger partial charge in [-0.3, -0.25) is 4.79 Å². The minimum Gasteiger partial charge on any atom is -0.455 e. The van der Waals surface area contributed by atoms with Gasteiger partial charge in [0.1, 0.15) is 5.76 Å². The third kappa shape index (κ3) is 2.58. The van der Waals surface area contributed by atoms with E-state index < -0.39 is 0 Å². The van der Waals surface area contributed by atoms with Gasteiger partial charge in [-0.15, -0.1) is 0 Å². The van der Waals surface area contributed by atoms with E-state index in [1.54, 1.807) is 0 Å². The molecule has 1 saturated heterocycles. The molecule has 1 aliphatic rings. The first kappa shape index (κ1) is 13.1. The highest BCUT2D eigenvalue weighted by Crippen LogP contribution is 2.27. The predicted octanol–water partition coefficient (Wildman–Crippen LogP) is 1.93. The van der Waals surface area contributed by atoms with Gasteiger partial charge in [-0.25, -0.2) is 0 Å². The fourth-order valence-electron chi connectivity index (χ4n) is 2.08. The summed E-state index contributed by atoms with van der Waals surface area (Å²) >= 11 is 0. The molecule has 1 fully saturated rings. The van der Waals surface area contributed by atoms with E-state index in [2.05, 4.69) is 26.1 Å². The smallest absolute Gasteiger partial charge is 0.289 e. The molecule has 0 radical (unpaired) electrons. The van der Waals surface area contributed by atoms with Gasteiger partial charge in [0.25, 0.3) is 5.91 Å². The summed E-state index contributed by atoms with van der Waals surface area (Å²) in [6.45, 7) is 11.4. The van der Waals surface area contributed by atoms with E-state index in [1.807, 2.05) is 17.9 Å². The first-order chi connectivity index (χ1) is 8.39. The average molecular weight is 250 g/mol. The summed E-state index contributed by atoms with van der Waals surface area (Å²) in [5.41, 5.74) is 0.871. The Bertz CT molecular complexity index is 437. The highest BCUT2D eigenvalue weighted by Gasteiger charge is 2.26. The van der Waals surface area contributed by atoms with Crippen LogP contribution in [0, 0.1) is 6.92 Å². The third-order valence-electron chi connectivity index (χ3n) is 3.26. The molecule has 18 heavy (non-hydrogen) atoms. The normalized spacial score (nSPS) is 17.0. The van der Waals surface area contributed by atoms with Gasteiger partial charge in [0.05, 0.1) is 0 Å². The Kier molecular flexibility index (Phi) is 3.48. The Labute approximate surface area is 108 Å². The minimum absolute atomic E-state index is 0.0181. The summed E-state index contributed by atoms with van der Waals surface area (Å²) < 4.78 is 5.78. The summed E-state index contributed by atoms with van der Waals surface area (Å²) in [4.78, 5) is 14.2. The first-order valence-electron chi connectivity index (χ1n) is 6.50. The molecule has 1 aromatic heterocycles. The quantitative estimate of drug-likeness (QED) is 0.828. The lowest BCUT2D eigenvalue weighted by molar-refractivity contribution is 0.0699. The fraction of sp³-hybridized carbons (Fsp3) is 0.643. The molecule has 2 rings (SSSR count). The third-order valence-corrected chi connectivity index (χ3v) is 3.26. The molecule has 100 valence electrons. The highest BCUT2D eigenvalue weighted by atomic mass is 16.4. The Morgan fingerprint density at radius 1 is 1.33 bits per heavy atom. The van der Waals surface area contributed by atoms with Crippen LogP contribution < -0.4 is 5.32 Å². The maximum Gasteiger partial charge on any atom is 0.289 e. The van der Waals surface area contributed by atoms with Gasteiger partial charge in [-0.05, 0) is 13.0 Å². The lowest BCUT2D eigenvalue weighted by Gasteiger charge is -2.26. The van der Waals surface area contributed by atoms with Crippen LogP contribution in [0.25, 0.3) is 0 Å². The van der Waals surface area contributed by atoms with Gasteiger partial charge in [0, 0.05) is 37.2 Å². The number of piperazine rings is 1. The molecule has 0 unspecified atom stereocenters. The largest absolute Gasteiger partial charge is 0.455 e. The number of nitrogens with one attached hydrogen (secondary N) is 1. The van der Waals surface area contributed by atoms with Gasteiger partial charge in [0.15, 0.2) is 5.76 Å². The van der Waals surface area contributed by atoms with Crippen molar-refractivity contribution in [3.05, 3.63) is 23.2 Å². The number of hydrogen-bond acceptors (Lipinski definition) is 3. The van der Waals surface area contributed by atoms with Gasteiger partial charge in [-0.1, -0.05) is 20.8 Å². The summed E-state index contributed by atoms with van der Waals surface area (Å²) in [6.07, 6.45) is 0. The van der Waals surface area contributed by atoms with Crippen molar-refractivity contribution in [3.8, 4) is 0 Å². The van der Waals surface area contributed by atoms with Crippen LogP contribution in [0.4, 0.5) is 0 Å². The van der Waals surface area contributed by atoms with E-state index in [4.69, 9.17) is 4.42 Å². The van der Waals surface area contributed by atoms with Crippen molar-refractivity contribution in [2.45, 2.75) is 33.1 Å². The molecular weight excluding hydrogens is 228 g/mol. The maximum atomic E-state index is 12.4. The standard InChI is InChI=1S/C14H22N2O2/c1-10-9-11(14(2,3)4)18-12(10)13(17)16-7-5-15-6-8-16/h9,15H,5-8H2,1-4H3. The van der Waals surface area contributed by atoms with E-state index in [1.165, 1.54) is 0 Å². The van der Waals surface area contributed by atoms with Crippen LogP contribution in [0.1, 0.15) is 42.6 Å². The molecule has 1 aliphatic heterocycles. The van der Waals surface area contributed by atoms with Crippen molar-refractivity contribution < 1.29 is 9.21 Å². The van der Waals surface area contributed by atoms with Crippen molar-refractivity contribution in [3.63, 3.8) is 0 Å².